The molecule has 0 bridgehead atoms. The number of hydrazine groups is 1. The minimum atomic E-state index is 0.143. The van der Waals surface area contributed by atoms with Gasteiger partial charge in [-0.3, -0.25) is 11.3 Å². The van der Waals surface area contributed by atoms with Gasteiger partial charge in [-0.1, -0.05) is 43.0 Å². The summed E-state index contributed by atoms with van der Waals surface area (Å²) in [5.74, 6) is 7.08. The number of hydrogen-bond acceptors (Lipinski definition) is 2. The van der Waals surface area contributed by atoms with Gasteiger partial charge in [0, 0.05) is 16.1 Å². The third-order valence-electron chi connectivity index (χ3n) is 3.87. The highest BCUT2D eigenvalue weighted by atomic mass is 35.5. The molecule has 0 heterocycles. The van der Waals surface area contributed by atoms with E-state index in [9.17, 15) is 0 Å². The second-order valence-electron chi connectivity index (χ2n) is 5.38. The fourth-order valence-corrected chi connectivity index (χ4v) is 3.59. The van der Waals surface area contributed by atoms with Gasteiger partial charge in [-0.2, -0.15) is 0 Å². The van der Waals surface area contributed by atoms with Crippen LogP contribution in [-0.2, 0) is 0 Å². The monoisotopic (exact) mass is 286 g/mol. The molecule has 0 aromatic heterocycles. The van der Waals surface area contributed by atoms with Gasteiger partial charge in [-0.05, 0) is 48.4 Å². The van der Waals surface area contributed by atoms with E-state index in [4.69, 9.17) is 29.0 Å². The van der Waals surface area contributed by atoms with Crippen molar-refractivity contribution in [3.8, 4) is 0 Å². The van der Waals surface area contributed by atoms with E-state index < -0.39 is 0 Å². The van der Waals surface area contributed by atoms with Crippen molar-refractivity contribution in [2.75, 3.05) is 0 Å². The summed E-state index contributed by atoms with van der Waals surface area (Å²) in [6.07, 6.45) is 5.02. The second-order valence-corrected chi connectivity index (χ2v) is 6.25. The molecule has 0 amide bonds. The molecule has 0 spiro atoms. The molecule has 0 radical (unpaired) electrons. The summed E-state index contributed by atoms with van der Waals surface area (Å²) in [4.78, 5) is 0. The zero-order valence-electron chi connectivity index (χ0n) is 10.6. The number of nitrogens with one attached hydrogen (secondary N) is 1. The van der Waals surface area contributed by atoms with Crippen molar-refractivity contribution in [1.29, 1.82) is 0 Å². The number of rotatable bonds is 3. The van der Waals surface area contributed by atoms with E-state index in [1.165, 1.54) is 25.7 Å². The molecule has 4 heteroatoms. The smallest absolute Gasteiger partial charge is 0.0489 e. The van der Waals surface area contributed by atoms with Gasteiger partial charge >= 0.3 is 0 Å². The molecule has 18 heavy (non-hydrogen) atoms. The van der Waals surface area contributed by atoms with Gasteiger partial charge < -0.3 is 0 Å². The molecule has 1 aromatic carbocycles. The van der Waals surface area contributed by atoms with E-state index in [0.29, 0.717) is 16.0 Å². The molecule has 1 aromatic rings. The summed E-state index contributed by atoms with van der Waals surface area (Å²) in [5.41, 5.74) is 4.04. The molecular weight excluding hydrogens is 267 g/mol. The molecule has 1 aliphatic carbocycles. The van der Waals surface area contributed by atoms with Crippen molar-refractivity contribution in [2.45, 2.75) is 38.6 Å². The number of benzene rings is 1. The van der Waals surface area contributed by atoms with Crippen molar-refractivity contribution < 1.29 is 0 Å². The van der Waals surface area contributed by atoms with Crippen molar-refractivity contribution in [2.24, 2.45) is 17.7 Å². The lowest BCUT2D eigenvalue weighted by atomic mass is 9.77. The number of halogens is 2. The third kappa shape index (κ3) is 3.39. The molecule has 100 valence electrons. The van der Waals surface area contributed by atoms with E-state index in [2.05, 4.69) is 12.3 Å². The Morgan fingerprint density at radius 3 is 2.44 bits per heavy atom. The predicted molar refractivity (Wildman–Crippen MR) is 77.6 cm³/mol. The molecule has 3 atom stereocenters. The summed E-state index contributed by atoms with van der Waals surface area (Å²) >= 11 is 12.1. The maximum absolute atomic E-state index is 6.07. The first-order valence-corrected chi connectivity index (χ1v) is 7.28. The van der Waals surface area contributed by atoms with Crippen molar-refractivity contribution in [1.82, 2.24) is 5.43 Å². The summed E-state index contributed by atoms with van der Waals surface area (Å²) in [5, 5.41) is 1.34. The lowest BCUT2D eigenvalue weighted by molar-refractivity contribution is 0.224. The Labute approximate surface area is 119 Å². The molecule has 2 rings (SSSR count). The Hall–Kier alpha value is -0.280. The first-order valence-electron chi connectivity index (χ1n) is 6.52. The van der Waals surface area contributed by atoms with E-state index in [1.54, 1.807) is 6.07 Å². The zero-order valence-corrected chi connectivity index (χ0v) is 12.1. The van der Waals surface area contributed by atoms with E-state index in [1.807, 2.05) is 12.1 Å². The van der Waals surface area contributed by atoms with Gasteiger partial charge in [0.1, 0.15) is 0 Å². The third-order valence-corrected chi connectivity index (χ3v) is 4.31. The van der Waals surface area contributed by atoms with Crippen LogP contribution in [-0.4, -0.2) is 0 Å². The van der Waals surface area contributed by atoms with Gasteiger partial charge in [0.05, 0.1) is 0 Å². The van der Waals surface area contributed by atoms with Crippen LogP contribution < -0.4 is 11.3 Å². The van der Waals surface area contributed by atoms with Gasteiger partial charge in [0.15, 0.2) is 0 Å². The number of nitrogens with two attached hydrogens (primary N) is 1. The van der Waals surface area contributed by atoms with Crippen molar-refractivity contribution in [3.05, 3.63) is 33.8 Å². The van der Waals surface area contributed by atoms with Gasteiger partial charge in [-0.25, -0.2) is 0 Å². The predicted octanol–water partition coefficient (Wildman–Crippen LogP) is 4.32. The number of hydrogen-bond donors (Lipinski definition) is 2. The van der Waals surface area contributed by atoms with Crippen molar-refractivity contribution in [3.63, 3.8) is 0 Å². The quantitative estimate of drug-likeness (QED) is 0.641. The van der Waals surface area contributed by atoms with Crippen LogP contribution in [0.3, 0.4) is 0 Å². The summed E-state index contributed by atoms with van der Waals surface area (Å²) < 4.78 is 0. The van der Waals surface area contributed by atoms with Crippen LogP contribution in [0.25, 0.3) is 0 Å². The van der Waals surface area contributed by atoms with Crippen LogP contribution in [0, 0.1) is 11.8 Å². The van der Waals surface area contributed by atoms with Crippen LogP contribution >= 0.6 is 23.2 Å². The molecule has 1 fully saturated rings. The Morgan fingerprint density at radius 2 is 1.89 bits per heavy atom. The molecule has 0 aliphatic heterocycles. The first kappa shape index (κ1) is 14.1. The second kappa shape index (κ2) is 6.25. The fraction of sp³-hybridized carbons (Fsp3) is 0.571. The average molecular weight is 287 g/mol. The molecule has 2 nitrogen and oxygen atoms in total. The zero-order chi connectivity index (χ0) is 13.1. The average Bonchev–Trinajstić information content (AvgIpc) is 2.28. The first-order chi connectivity index (χ1) is 8.60. The highest BCUT2D eigenvalue weighted by Crippen LogP contribution is 2.37. The van der Waals surface area contributed by atoms with Crippen LogP contribution in [0.1, 0.15) is 44.2 Å². The van der Waals surface area contributed by atoms with E-state index in [-0.39, 0.29) is 6.04 Å². The molecule has 3 N–H and O–H groups in total. The fourth-order valence-electron chi connectivity index (χ4n) is 3.04. The normalized spacial score (nSPS) is 26.0. The van der Waals surface area contributed by atoms with Crippen molar-refractivity contribution >= 4 is 23.2 Å². The maximum atomic E-state index is 6.07. The molecule has 1 aliphatic rings. The Bertz CT molecular complexity index is 389. The maximum Gasteiger partial charge on any atom is 0.0489 e. The lowest BCUT2D eigenvalue weighted by Crippen LogP contribution is -2.35. The Kier molecular flexibility index (Phi) is 4.91. The topological polar surface area (TPSA) is 38.0 Å². The summed E-state index contributed by atoms with van der Waals surface area (Å²) in [7, 11) is 0. The molecule has 1 saturated carbocycles. The highest BCUT2D eigenvalue weighted by molar-refractivity contribution is 6.34. The van der Waals surface area contributed by atoms with E-state index in [0.717, 1.165) is 11.5 Å². The largest absolute Gasteiger partial charge is 0.271 e. The SMILES string of the molecule is CC1CCCC(C(NN)c2cc(Cl)cc(Cl)c2)C1. The van der Waals surface area contributed by atoms with Crippen LogP contribution in [0.15, 0.2) is 18.2 Å². The van der Waals surface area contributed by atoms with Gasteiger partial charge in [-0.15, -0.1) is 0 Å². The van der Waals surface area contributed by atoms with Gasteiger partial charge in [0.2, 0.25) is 0 Å². The summed E-state index contributed by atoms with van der Waals surface area (Å²) in [6.45, 7) is 2.31. The lowest BCUT2D eigenvalue weighted by Gasteiger charge is -2.33. The van der Waals surface area contributed by atoms with Crippen LogP contribution in [0.5, 0.6) is 0 Å². The molecule has 0 saturated heterocycles. The molecule has 3 unspecified atom stereocenters. The van der Waals surface area contributed by atoms with Crippen LogP contribution in [0.4, 0.5) is 0 Å². The van der Waals surface area contributed by atoms with Crippen LogP contribution in [0.2, 0.25) is 10.0 Å². The molecular formula is C14H20Cl2N2. The van der Waals surface area contributed by atoms with E-state index >= 15 is 0 Å². The standard InChI is InChI=1S/C14H20Cl2N2/c1-9-3-2-4-10(5-9)14(18-17)11-6-12(15)8-13(16)7-11/h6-10,14,18H,2-5,17H2,1H3. The van der Waals surface area contributed by atoms with Gasteiger partial charge in [0.25, 0.3) is 0 Å². The minimum absolute atomic E-state index is 0.143. The minimum Gasteiger partial charge on any atom is -0.271 e. The Balaban J connectivity index is 2.21. The summed E-state index contributed by atoms with van der Waals surface area (Å²) in [6, 6.07) is 5.81. The Morgan fingerprint density at radius 1 is 1.22 bits per heavy atom. The highest BCUT2D eigenvalue weighted by Gasteiger charge is 2.27.